The SMILES string of the molecule is CC1CCC(CNC2CC=CC2)CC1. The molecule has 0 aromatic heterocycles. The van der Waals surface area contributed by atoms with Gasteiger partial charge < -0.3 is 5.32 Å². The van der Waals surface area contributed by atoms with Gasteiger partial charge in [-0.15, -0.1) is 0 Å². The molecular weight excluding hydrogens is 170 g/mol. The van der Waals surface area contributed by atoms with Crippen molar-refractivity contribution in [2.24, 2.45) is 11.8 Å². The van der Waals surface area contributed by atoms with E-state index in [0.717, 1.165) is 17.9 Å². The van der Waals surface area contributed by atoms with Gasteiger partial charge >= 0.3 is 0 Å². The highest BCUT2D eigenvalue weighted by Crippen LogP contribution is 2.27. The van der Waals surface area contributed by atoms with Crippen molar-refractivity contribution in [3.8, 4) is 0 Å². The summed E-state index contributed by atoms with van der Waals surface area (Å²) in [6.07, 6.45) is 12.9. The molecule has 0 aromatic carbocycles. The third kappa shape index (κ3) is 2.84. The first-order valence-corrected chi connectivity index (χ1v) is 6.23. The number of hydrogen-bond donors (Lipinski definition) is 1. The molecule has 0 aromatic rings. The second kappa shape index (κ2) is 4.97. The zero-order valence-corrected chi connectivity index (χ0v) is 9.34. The lowest BCUT2D eigenvalue weighted by molar-refractivity contribution is 0.275. The van der Waals surface area contributed by atoms with Crippen molar-refractivity contribution in [2.45, 2.75) is 51.5 Å². The second-order valence-electron chi connectivity index (χ2n) is 5.17. The Labute approximate surface area is 88.0 Å². The molecule has 80 valence electrons. The second-order valence-corrected chi connectivity index (χ2v) is 5.17. The van der Waals surface area contributed by atoms with Gasteiger partial charge in [0.2, 0.25) is 0 Å². The van der Waals surface area contributed by atoms with Crippen LogP contribution >= 0.6 is 0 Å². The molecule has 1 saturated carbocycles. The molecule has 14 heavy (non-hydrogen) atoms. The molecule has 0 unspecified atom stereocenters. The van der Waals surface area contributed by atoms with Crippen LogP contribution in [-0.4, -0.2) is 12.6 Å². The third-order valence-corrected chi connectivity index (χ3v) is 3.84. The molecule has 0 saturated heterocycles. The van der Waals surface area contributed by atoms with Gasteiger partial charge in [0.15, 0.2) is 0 Å². The van der Waals surface area contributed by atoms with Crippen molar-refractivity contribution in [2.75, 3.05) is 6.54 Å². The highest BCUT2D eigenvalue weighted by Gasteiger charge is 2.19. The van der Waals surface area contributed by atoms with Gasteiger partial charge in [0.05, 0.1) is 0 Å². The van der Waals surface area contributed by atoms with E-state index in [0.29, 0.717) is 0 Å². The first kappa shape index (κ1) is 10.2. The zero-order valence-electron chi connectivity index (χ0n) is 9.34. The lowest BCUT2D eigenvalue weighted by atomic mass is 9.83. The van der Waals surface area contributed by atoms with Crippen LogP contribution in [0.1, 0.15) is 45.4 Å². The molecule has 0 heterocycles. The van der Waals surface area contributed by atoms with E-state index in [4.69, 9.17) is 0 Å². The van der Waals surface area contributed by atoms with Crippen molar-refractivity contribution in [1.29, 1.82) is 0 Å². The summed E-state index contributed by atoms with van der Waals surface area (Å²) in [5.41, 5.74) is 0. The summed E-state index contributed by atoms with van der Waals surface area (Å²) in [6, 6.07) is 0.759. The molecule has 2 rings (SSSR count). The molecule has 1 N–H and O–H groups in total. The van der Waals surface area contributed by atoms with Crippen molar-refractivity contribution >= 4 is 0 Å². The Morgan fingerprint density at radius 2 is 1.71 bits per heavy atom. The Kier molecular flexibility index (Phi) is 3.63. The predicted molar refractivity (Wildman–Crippen MR) is 61.3 cm³/mol. The van der Waals surface area contributed by atoms with Crippen LogP contribution in [0.2, 0.25) is 0 Å². The lowest BCUT2D eigenvalue weighted by Gasteiger charge is -2.27. The van der Waals surface area contributed by atoms with E-state index in [1.54, 1.807) is 0 Å². The molecule has 0 amide bonds. The monoisotopic (exact) mass is 193 g/mol. The molecule has 1 nitrogen and oxygen atoms in total. The zero-order chi connectivity index (χ0) is 9.80. The van der Waals surface area contributed by atoms with Gasteiger partial charge in [-0.3, -0.25) is 0 Å². The fourth-order valence-corrected chi connectivity index (χ4v) is 2.65. The first-order valence-electron chi connectivity index (χ1n) is 6.23. The molecule has 0 aliphatic heterocycles. The van der Waals surface area contributed by atoms with Crippen molar-refractivity contribution < 1.29 is 0 Å². The molecule has 0 spiro atoms. The van der Waals surface area contributed by atoms with E-state index in [1.165, 1.54) is 45.1 Å². The normalized spacial score (nSPS) is 33.8. The van der Waals surface area contributed by atoms with Gasteiger partial charge in [-0.2, -0.15) is 0 Å². The van der Waals surface area contributed by atoms with Crippen LogP contribution in [0.3, 0.4) is 0 Å². The largest absolute Gasteiger partial charge is 0.313 e. The van der Waals surface area contributed by atoms with Gasteiger partial charge in [-0.05, 0) is 44.1 Å². The van der Waals surface area contributed by atoms with Crippen molar-refractivity contribution in [3.05, 3.63) is 12.2 Å². The summed E-state index contributed by atoms with van der Waals surface area (Å²) in [6.45, 7) is 3.66. The van der Waals surface area contributed by atoms with E-state index in [2.05, 4.69) is 24.4 Å². The van der Waals surface area contributed by atoms with E-state index < -0.39 is 0 Å². The van der Waals surface area contributed by atoms with Gasteiger partial charge in [-0.25, -0.2) is 0 Å². The average molecular weight is 193 g/mol. The Morgan fingerprint density at radius 3 is 2.36 bits per heavy atom. The summed E-state index contributed by atoms with van der Waals surface area (Å²) in [5, 5.41) is 3.70. The maximum Gasteiger partial charge on any atom is 0.0136 e. The number of hydrogen-bond acceptors (Lipinski definition) is 1. The van der Waals surface area contributed by atoms with Gasteiger partial charge in [0.25, 0.3) is 0 Å². The minimum atomic E-state index is 0.759. The Hall–Kier alpha value is -0.300. The van der Waals surface area contributed by atoms with Crippen molar-refractivity contribution in [1.82, 2.24) is 5.32 Å². The lowest BCUT2D eigenvalue weighted by Crippen LogP contribution is -2.32. The number of rotatable bonds is 3. The smallest absolute Gasteiger partial charge is 0.0136 e. The highest BCUT2D eigenvalue weighted by atomic mass is 14.9. The van der Waals surface area contributed by atoms with Crippen LogP contribution in [0.4, 0.5) is 0 Å². The molecule has 1 heteroatoms. The van der Waals surface area contributed by atoms with Crippen molar-refractivity contribution in [3.63, 3.8) is 0 Å². The predicted octanol–water partition coefficient (Wildman–Crippen LogP) is 3.12. The standard InChI is InChI=1S/C13H23N/c1-11-6-8-12(9-7-11)10-14-13-4-2-3-5-13/h2-3,11-14H,4-10H2,1H3. The van der Waals surface area contributed by atoms with Crippen LogP contribution in [0.15, 0.2) is 12.2 Å². The fourth-order valence-electron chi connectivity index (χ4n) is 2.65. The maximum absolute atomic E-state index is 3.70. The van der Waals surface area contributed by atoms with Gasteiger partial charge in [0, 0.05) is 6.04 Å². The average Bonchev–Trinajstić information content (AvgIpc) is 2.70. The quantitative estimate of drug-likeness (QED) is 0.679. The van der Waals surface area contributed by atoms with E-state index in [1.807, 2.05) is 0 Å². The van der Waals surface area contributed by atoms with Crippen LogP contribution < -0.4 is 5.32 Å². The Balaban J connectivity index is 1.61. The van der Waals surface area contributed by atoms with Crippen LogP contribution in [-0.2, 0) is 0 Å². The maximum atomic E-state index is 3.70. The van der Waals surface area contributed by atoms with E-state index in [9.17, 15) is 0 Å². The molecule has 2 aliphatic carbocycles. The third-order valence-electron chi connectivity index (χ3n) is 3.84. The molecule has 0 bridgehead atoms. The minimum absolute atomic E-state index is 0.759. The summed E-state index contributed by atoms with van der Waals surface area (Å²) in [4.78, 5) is 0. The number of nitrogens with one attached hydrogen (secondary N) is 1. The van der Waals surface area contributed by atoms with Gasteiger partial charge in [-0.1, -0.05) is 31.9 Å². The summed E-state index contributed by atoms with van der Waals surface area (Å²) in [5.74, 6) is 1.95. The molecular formula is C13H23N. The molecule has 1 fully saturated rings. The van der Waals surface area contributed by atoms with E-state index >= 15 is 0 Å². The van der Waals surface area contributed by atoms with Crippen LogP contribution in [0, 0.1) is 11.8 Å². The summed E-state index contributed by atoms with van der Waals surface area (Å²) < 4.78 is 0. The summed E-state index contributed by atoms with van der Waals surface area (Å²) >= 11 is 0. The molecule has 2 aliphatic rings. The van der Waals surface area contributed by atoms with Gasteiger partial charge in [0.1, 0.15) is 0 Å². The Morgan fingerprint density at radius 1 is 1.07 bits per heavy atom. The molecule has 0 atom stereocenters. The molecule has 0 radical (unpaired) electrons. The topological polar surface area (TPSA) is 12.0 Å². The van der Waals surface area contributed by atoms with E-state index in [-0.39, 0.29) is 0 Å². The Bertz CT molecular complexity index is 181. The van der Waals surface area contributed by atoms with Crippen LogP contribution in [0.25, 0.3) is 0 Å². The minimum Gasteiger partial charge on any atom is -0.313 e. The fraction of sp³-hybridized carbons (Fsp3) is 0.846. The highest BCUT2D eigenvalue weighted by molar-refractivity contribution is 4.97. The first-order chi connectivity index (χ1) is 6.84. The van der Waals surface area contributed by atoms with Crippen LogP contribution in [0.5, 0.6) is 0 Å². The summed E-state index contributed by atoms with van der Waals surface area (Å²) in [7, 11) is 0.